The summed E-state index contributed by atoms with van der Waals surface area (Å²) in [5.41, 5.74) is 7.32. The molecule has 3 nitrogen and oxygen atoms in total. The number of hydrogen-bond acceptors (Lipinski definition) is 2. The van der Waals surface area contributed by atoms with Crippen molar-refractivity contribution in [3.63, 3.8) is 0 Å². The van der Waals surface area contributed by atoms with Crippen LogP contribution in [-0.2, 0) is 5.41 Å². The highest BCUT2D eigenvalue weighted by atomic mass is 19.1. The Morgan fingerprint density at radius 2 is 2.24 bits per heavy atom. The lowest BCUT2D eigenvalue weighted by molar-refractivity contribution is 0.607. The number of nitrogens with two attached hydrogens (primary N) is 1. The van der Waals surface area contributed by atoms with Crippen LogP contribution in [-0.4, -0.2) is 16.1 Å². The van der Waals surface area contributed by atoms with Gasteiger partial charge in [-0.25, -0.2) is 9.37 Å². The Morgan fingerprint density at radius 3 is 2.76 bits per heavy atom. The molecule has 4 heteroatoms. The first-order valence-electron chi connectivity index (χ1n) is 5.74. The molecule has 0 amide bonds. The van der Waals surface area contributed by atoms with E-state index >= 15 is 0 Å². The van der Waals surface area contributed by atoms with Crippen LogP contribution in [0, 0.1) is 5.82 Å². The Hall–Kier alpha value is -1.68. The summed E-state index contributed by atoms with van der Waals surface area (Å²) < 4.78 is 15.7. The molecule has 1 aliphatic carbocycles. The molecular formula is C13H14FN3. The van der Waals surface area contributed by atoms with Gasteiger partial charge < -0.3 is 10.3 Å². The summed E-state index contributed by atoms with van der Waals surface area (Å²) in [5.74, 6) is -0.222. The number of rotatable bonds is 3. The molecule has 1 fully saturated rings. The van der Waals surface area contributed by atoms with Gasteiger partial charge in [0.05, 0.1) is 12.0 Å². The van der Waals surface area contributed by atoms with Crippen LogP contribution in [0.15, 0.2) is 36.9 Å². The van der Waals surface area contributed by atoms with Gasteiger partial charge in [0.25, 0.3) is 0 Å². The average Bonchev–Trinajstić information content (AvgIpc) is 2.97. The van der Waals surface area contributed by atoms with Gasteiger partial charge in [0, 0.05) is 24.4 Å². The van der Waals surface area contributed by atoms with Gasteiger partial charge >= 0.3 is 0 Å². The van der Waals surface area contributed by atoms with Crippen LogP contribution in [0.3, 0.4) is 0 Å². The summed E-state index contributed by atoms with van der Waals surface area (Å²) in [6.45, 7) is 0.594. The molecule has 1 saturated carbocycles. The zero-order valence-electron chi connectivity index (χ0n) is 9.44. The second-order valence-electron chi connectivity index (χ2n) is 4.62. The van der Waals surface area contributed by atoms with Crippen molar-refractivity contribution >= 4 is 0 Å². The van der Waals surface area contributed by atoms with Crippen LogP contribution in [0.25, 0.3) is 5.69 Å². The number of halogens is 1. The van der Waals surface area contributed by atoms with Gasteiger partial charge in [-0.2, -0.15) is 0 Å². The zero-order valence-corrected chi connectivity index (χ0v) is 9.44. The number of hydrogen-bond donors (Lipinski definition) is 1. The van der Waals surface area contributed by atoms with E-state index in [1.165, 1.54) is 0 Å². The van der Waals surface area contributed by atoms with Crippen molar-refractivity contribution in [2.45, 2.75) is 18.3 Å². The van der Waals surface area contributed by atoms with E-state index in [9.17, 15) is 4.39 Å². The molecule has 17 heavy (non-hydrogen) atoms. The average molecular weight is 231 g/mol. The van der Waals surface area contributed by atoms with Crippen molar-refractivity contribution in [3.05, 3.63) is 48.3 Å². The molecule has 0 aliphatic heterocycles. The predicted molar refractivity (Wildman–Crippen MR) is 63.5 cm³/mol. The number of nitrogens with zero attached hydrogens (tertiary/aromatic N) is 2. The van der Waals surface area contributed by atoms with Crippen LogP contribution < -0.4 is 5.73 Å². The van der Waals surface area contributed by atoms with Crippen molar-refractivity contribution in [3.8, 4) is 5.69 Å². The van der Waals surface area contributed by atoms with Gasteiger partial charge in [0.2, 0.25) is 0 Å². The van der Waals surface area contributed by atoms with Crippen molar-refractivity contribution < 1.29 is 4.39 Å². The summed E-state index contributed by atoms with van der Waals surface area (Å²) in [6, 6.07) is 5.37. The monoisotopic (exact) mass is 231 g/mol. The lowest BCUT2D eigenvalue weighted by atomic mass is 9.96. The molecule has 88 valence electrons. The first-order chi connectivity index (χ1) is 8.25. The molecule has 1 aliphatic rings. The summed E-state index contributed by atoms with van der Waals surface area (Å²) in [4.78, 5) is 3.92. The van der Waals surface area contributed by atoms with Gasteiger partial charge in [-0.1, -0.05) is 6.07 Å². The first kappa shape index (κ1) is 10.5. The Bertz CT molecular complexity index is 530. The van der Waals surface area contributed by atoms with E-state index in [0.29, 0.717) is 12.2 Å². The molecule has 0 saturated heterocycles. The summed E-state index contributed by atoms with van der Waals surface area (Å²) in [6.07, 6.45) is 7.08. The molecule has 2 N–H and O–H groups in total. The van der Waals surface area contributed by atoms with Gasteiger partial charge in [-0.3, -0.25) is 0 Å². The molecule has 1 aromatic heterocycles. The normalized spacial score (nSPS) is 17.1. The third-order valence-electron chi connectivity index (χ3n) is 3.59. The van der Waals surface area contributed by atoms with E-state index in [1.54, 1.807) is 35.4 Å². The fourth-order valence-electron chi connectivity index (χ4n) is 2.21. The molecule has 0 radical (unpaired) electrons. The highest BCUT2D eigenvalue weighted by Gasteiger charge is 2.43. The number of benzene rings is 1. The van der Waals surface area contributed by atoms with Crippen LogP contribution in [0.4, 0.5) is 4.39 Å². The van der Waals surface area contributed by atoms with E-state index in [2.05, 4.69) is 4.98 Å². The van der Waals surface area contributed by atoms with Gasteiger partial charge in [0.1, 0.15) is 5.82 Å². The maximum atomic E-state index is 14.0. The maximum Gasteiger partial charge on any atom is 0.147 e. The predicted octanol–water partition coefficient (Wildman–Crippen LogP) is 2.00. The lowest BCUT2D eigenvalue weighted by Crippen LogP contribution is -2.20. The maximum absolute atomic E-state index is 14.0. The Morgan fingerprint density at radius 1 is 1.41 bits per heavy atom. The van der Waals surface area contributed by atoms with Crippen molar-refractivity contribution in [2.24, 2.45) is 5.73 Å². The fourth-order valence-corrected chi connectivity index (χ4v) is 2.21. The smallest absolute Gasteiger partial charge is 0.147 e. The third kappa shape index (κ3) is 1.65. The number of aromatic nitrogens is 2. The Labute approximate surface area is 99.1 Å². The van der Waals surface area contributed by atoms with Crippen molar-refractivity contribution in [1.82, 2.24) is 9.55 Å². The second kappa shape index (κ2) is 3.67. The minimum absolute atomic E-state index is 0.0360. The highest BCUT2D eigenvalue weighted by molar-refractivity contribution is 5.41. The van der Waals surface area contributed by atoms with Crippen LogP contribution >= 0.6 is 0 Å². The summed E-state index contributed by atoms with van der Waals surface area (Å²) >= 11 is 0. The molecule has 0 unspecified atom stereocenters. The van der Waals surface area contributed by atoms with Crippen LogP contribution in [0.1, 0.15) is 18.4 Å². The van der Waals surface area contributed by atoms with E-state index in [4.69, 9.17) is 5.73 Å². The third-order valence-corrected chi connectivity index (χ3v) is 3.59. The van der Waals surface area contributed by atoms with Crippen molar-refractivity contribution in [2.75, 3.05) is 6.54 Å². The van der Waals surface area contributed by atoms with Gasteiger partial charge in [-0.15, -0.1) is 0 Å². The quantitative estimate of drug-likeness (QED) is 0.878. The largest absolute Gasteiger partial charge is 0.330 e. The lowest BCUT2D eigenvalue weighted by Gasteiger charge is -2.14. The standard InChI is InChI=1S/C13H14FN3/c14-11-7-10(13(8-15)3-4-13)1-2-12(11)17-6-5-16-9-17/h1-2,5-7,9H,3-4,8,15H2. The number of imidazole rings is 1. The molecule has 1 heterocycles. The topological polar surface area (TPSA) is 43.8 Å². The summed E-state index contributed by atoms with van der Waals surface area (Å²) in [7, 11) is 0. The first-order valence-corrected chi connectivity index (χ1v) is 5.74. The summed E-state index contributed by atoms with van der Waals surface area (Å²) in [5, 5.41) is 0. The van der Waals surface area contributed by atoms with E-state index < -0.39 is 0 Å². The van der Waals surface area contributed by atoms with Gasteiger partial charge in [-0.05, 0) is 30.5 Å². The second-order valence-corrected chi connectivity index (χ2v) is 4.62. The molecule has 1 aromatic carbocycles. The zero-order chi connectivity index (χ0) is 11.9. The highest BCUT2D eigenvalue weighted by Crippen LogP contribution is 2.47. The van der Waals surface area contributed by atoms with E-state index in [1.807, 2.05) is 6.07 Å². The Balaban J connectivity index is 2.00. The van der Waals surface area contributed by atoms with Crippen LogP contribution in [0.2, 0.25) is 0 Å². The minimum Gasteiger partial charge on any atom is -0.330 e. The van der Waals surface area contributed by atoms with Gasteiger partial charge in [0.15, 0.2) is 0 Å². The van der Waals surface area contributed by atoms with E-state index in [0.717, 1.165) is 18.4 Å². The molecule has 0 spiro atoms. The molecule has 3 rings (SSSR count). The van der Waals surface area contributed by atoms with Crippen LogP contribution in [0.5, 0.6) is 0 Å². The molecule has 2 aromatic rings. The Kier molecular flexibility index (Phi) is 2.26. The molecule has 0 atom stereocenters. The molecule has 0 bridgehead atoms. The SMILES string of the molecule is NCC1(c2ccc(-n3ccnc3)c(F)c2)CC1. The van der Waals surface area contributed by atoms with E-state index in [-0.39, 0.29) is 11.2 Å². The molecular weight excluding hydrogens is 217 g/mol. The minimum atomic E-state index is -0.222. The fraction of sp³-hybridized carbons (Fsp3) is 0.308. The van der Waals surface area contributed by atoms with Crippen molar-refractivity contribution in [1.29, 1.82) is 0 Å².